The van der Waals surface area contributed by atoms with Crippen LogP contribution in [0.2, 0.25) is 0 Å². The summed E-state index contributed by atoms with van der Waals surface area (Å²) in [5.74, 6) is 0. The lowest BCUT2D eigenvalue weighted by molar-refractivity contribution is -0.897. The minimum atomic E-state index is -0.245. The Morgan fingerprint density at radius 3 is 1.84 bits per heavy atom. The maximum Gasteiger partial charge on any atom is 0.137 e. The SMILES string of the molecule is [O-][NH+](Cc1ccccc1)C(COCc1ccccc1)c1ccccc1. The third-order valence-electron chi connectivity index (χ3n) is 4.21. The highest BCUT2D eigenvalue weighted by Crippen LogP contribution is 2.12. The summed E-state index contributed by atoms with van der Waals surface area (Å²) < 4.78 is 5.87. The fourth-order valence-electron chi connectivity index (χ4n) is 2.85. The lowest BCUT2D eigenvalue weighted by atomic mass is 10.1. The van der Waals surface area contributed by atoms with E-state index in [9.17, 15) is 5.21 Å². The highest BCUT2D eigenvalue weighted by molar-refractivity contribution is 5.18. The van der Waals surface area contributed by atoms with Gasteiger partial charge < -0.3 is 15.0 Å². The number of benzene rings is 3. The van der Waals surface area contributed by atoms with E-state index in [1.165, 1.54) is 0 Å². The van der Waals surface area contributed by atoms with Gasteiger partial charge in [-0.05, 0) is 5.56 Å². The van der Waals surface area contributed by atoms with E-state index < -0.39 is 0 Å². The van der Waals surface area contributed by atoms with Gasteiger partial charge in [-0.1, -0.05) is 91.0 Å². The second-order valence-electron chi connectivity index (χ2n) is 6.09. The van der Waals surface area contributed by atoms with E-state index in [1.807, 2.05) is 91.0 Å². The number of ether oxygens (including phenoxy) is 1. The number of nitrogens with one attached hydrogen (secondary N) is 1. The normalized spacial score (nSPS) is 13.3. The van der Waals surface area contributed by atoms with Crippen molar-refractivity contribution in [3.8, 4) is 0 Å². The average Bonchev–Trinajstić information content (AvgIpc) is 2.67. The molecule has 0 bridgehead atoms. The Bertz CT molecular complexity index is 732. The summed E-state index contributed by atoms with van der Waals surface area (Å²) in [6, 6.07) is 29.6. The van der Waals surface area contributed by atoms with Gasteiger partial charge in [-0.15, -0.1) is 0 Å². The van der Waals surface area contributed by atoms with Gasteiger partial charge in [0, 0.05) is 11.1 Å². The molecule has 3 aromatic rings. The number of rotatable bonds is 8. The van der Waals surface area contributed by atoms with Crippen molar-refractivity contribution in [2.24, 2.45) is 0 Å². The molecule has 2 atom stereocenters. The molecule has 3 nitrogen and oxygen atoms in total. The molecule has 128 valence electrons. The predicted molar refractivity (Wildman–Crippen MR) is 99.8 cm³/mol. The van der Waals surface area contributed by atoms with Gasteiger partial charge in [0.15, 0.2) is 0 Å². The van der Waals surface area contributed by atoms with Crippen molar-refractivity contribution in [1.82, 2.24) is 0 Å². The fourth-order valence-corrected chi connectivity index (χ4v) is 2.85. The van der Waals surface area contributed by atoms with Gasteiger partial charge >= 0.3 is 0 Å². The quantitative estimate of drug-likeness (QED) is 0.640. The van der Waals surface area contributed by atoms with Gasteiger partial charge in [0.05, 0.1) is 6.61 Å². The molecular formula is C22H23NO2. The van der Waals surface area contributed by atoms with Crippen LogP contribution >= 0.6 is 0 Å². The van der Waals surface area contributed by atoms with E-state index in [0.717, 1.165) is 16.7 Å². The first-order valence-electron chi connectivity index (χ1n) is 8.56. The van der Waals surface area contributed by atoms with Gasteiger partial charge in [0.1, 0.15) is 19.2 Å². The van der Waals surface area contributed by atoms with Crippen LogP contribution in [0.1, 0.15) is 22.7 Å². The van der Waals surface area contributed by atoms with Crippen LogP contribution in [-0.4, -0.2) is 6.61 Å². The zero-order valence-corrected chi connectivity index (χ0v) is 14.2. The number of hydrogen-bond donors (Lipinski definition) is 1. The van der Waals surface area contributed by atoms with Crippen molar-refractivity contribution in [3.05, 3.63) is 113 Å². The maximum atomic E-state index is 12.9. The number of quaternary nitrogens is 1. The van der Waals surface area contributed by atoms with Gasteiger partial charge in [-0.25, -0.2) is 0 Å². The van der Waals surface area contributed by atoms with E-state index in [4.69, 9.17) is 4.74 Å². The summed E-state index contributed by atoms with van der Waals surface area (Å²) in [5.41, 5.74) is 3.16. The molecule has 25 heavy (non-hydrogen) atoms. The van der Waals surface area contributed by atoms with Crippen LogP contribution in [-0.2, 0) is 17.9 Å². The minimum absolute atomic E-state index is 0.186. The van der Waals surface area contributed by atoms with Crippen LogP contribution in [0.15, 0.2) is 91.0 Å². The lowest BCUT2D eigenvalue weighted by Gasteiger charge is -2.32. The zero-order valence-electron chi connectivity index (χ0n) is 14.2. The van der Waals surface area contributed by atoms with Crippen LogP contribution in [0.3, 0.4) is 0 Å². The molecule has 2 unspecified atom stereocenters. The Morgan fingerprint density at radius 2 is 1.24 bits per heavy atom. The first-order valence-corrected chi connectivity index (χ1v) is 8.56. The molecule has 0 fully saturated rings. The summed E-state index contributed by atoms with van der Waals surface area (Å²) >= 11 is 0. The molecule has 0 saturated carbocycles. The van der Waals surface area contributed by atoms with Crippen molar-refractivity contribution in [2.45, 2.75) is 19.2 Å². The summed E-state index contributed by atoms with van der Waals surface area (Å²) in [6.45, 7) is 1.34. The zero-order chi connectivity index (χ0) is 17.3. The van der Waals surface area contributed by atoms with E-state index in [2.05, 4.69) is 0 Å². The Kier molecular flexibility index (Phi) is 6.35. The van der Waals surface area contributed by atoms with Crippen LogP contribution in [0.5, 0.6) is 0 Å². The topological polar surface area (TPSA) is 36.7 Å². The van der Waals surface area contributed by atoms with E-state index in [0.29, 0.717) is 19.8 Å². The van der Waals surface area contributed by atoms with Crippen LogP contribution in [0.25, 0.3) is 0 Å². The molecule has 0 aliphatic rings. The van der Waals surface area contributed by atoms with Crippen molar-refractivity contribution < 1.29 is 9.80 Å². The molecule has 3 heteroatoms. The van der Waals surface area contributed by atoms with Crippen LogP contribution in [0, 0.1) is 5.21 Å². The molecule has 0 saturated heterocycles. The maximum absolute atomic E-state index is 12.9. The van der Waals surface area contributed by atoms with Gasteiger partial charge in [-0.3, -0.25) is 0 Å². The van der Waals surface area contributed by atoms with Crippen LogP contribution in [0.4, 0.5) is 0 Å². The summed E-state index contributed by atoms with van der Waals surface area (Å²) in [4.78, 5) is 0. The minimum Gasteiger partial charge on any atom is -0.634 e. The molecule has 0 aliphatic heterocycles. The van der Waals surface area contributed by atoms with Crippen molar-refractivity contribution in [1.29, 1.82) is 0 Å². The van der Waals surface area contributed by atoms with Crippen LogP contribution < -0.4 is 5.06 Å². The fraction of sp³-hybridized carbons (Fsp3) is 0.182. The highest BCUT2D eigenvalue weighted by atomic mass is 16.5. The monoisotopic (exact) mass is 333 g/mol. The Hall–Kier alpha value is -2.46. The second kappa shape index (κ2) is 9.14. The van der Waals surface area contributed by atoms with Crippen molar-refractivity contribution >= 4 is 0 Å². The standard InChI is InChI=1S/C22H23NO2/c24-23(16-19-10-4-1-5-11-19)22(21-14-8-3-9-15-21)18-25-17-20-12-6-2-7-13-20/h1-15,22-23H,16-18H2. The van der Waals surface area contributed by atoms with Gasteiger partial charge in [0.25, 0.3) is 0 Å². The van der Waals surface area contributed by atoms with Gasteiger partial charge in [-0.2, -0.15) is 0 Å². The van der Waals surface area contributed by atoms with E-state index in [-0.39, 0.29) is 11.1 Å². The summed E-state index contributed by atoms with van der Waals surface area (Å²) in [5, 5.41) is 13.1. The number of hydroxylamine groups is 2. The van der Waals surface area contributed by atoms with E-state index in [1.54, 1.807) is 0 Å². The Morgan fingerprint density at radius 1 is 0.720 bits per heavy atom. The second-order valence-corrected chi connectivity index (χ2v) is 6.09. The van der Waals surface area contributed by atoms with Crippen molar-refractivity contribution in [2.75, 3.05) is 6.61 Å². The Labute approximate surface area is 149 Å². The molecule has 0 spiro atoms. The molecule has 0 aromatic heterocycles. The highest BCUT2D eigenvalue weighted by Gasteiger charge is 2.19. The van der Waals surface area contributed by atoms with E-state index >= 15 is 0 Å². The molecule has 0 radical (unpaired) electrons. The largest absolute Gasteiger partial charge is 0.634 e. The molecular weight excluding hydrogens is 310 g/mol. The van der Waals surface area contributed by atoms with Gasteiger partial charge in [0.2, 0.25) is 0 Å². The smallest absolute Gasteiger partial charge is 0.137 e. The summed E-state index contributed by atoms with van der Waals surface area (Å²) in [6.07, 6.45) is 0. The summed E-state index contributed by atoms with van der Waals surface area (Å²) in [7, 11) is 0. The molecule has 3 aromatic carbocycles. The molecule has 0 heterocycles. The Balaban J connectivity index is 1.67. The first-order chi connectivity index (χ1) is 12.3. The molecule has 1 N–H and O–H groups in total. The predicted octanol–water partition coefficient (Wildman–Crippen LogP) is 3.53. The first kappa shape index (κ1) is 17.4. The lowest BCUT2D eigenvalue weighted by Crippen LogP contribution is -3.06. The third kappa shape index (κ3) is 5.26. The average molecular weight is 333 g/mol. The molecule has 0 aliphatic carbocycles. The number of hydrogen-bond acceptors (Lipinski definition) is 2. The molecule has 3 rings (SSSR count). The van der Waals surface area contributed by atoms with Crippen molar-refractivity contribution in [3.63, 3.8) is 0 Å². The molecule has 0 amide bonds. The third-order valence-corrected chi connectivity index (χ3v) is 4.21.